The number of fused-ring (bicyclic) bond motifs is 1. The predicted octanol–water partition coefficient (Wildman–Crippen LogP) is 4.25. The van der Waals surface area contributed by atoms with E-state index in [2.05, 4.69) is 11.6 Å². The Morgan fingerprint density at radius 2 is 2.00 bits per heavy atom. The van der Waals surface area contributed by atoms with Crippen LogP contribution in [0.2, 0.25) is 0 Å². The van der Waals surface area contributed by atoms with Crippen LogP contribution in [0.1, 0.15) is 20.8 Å². The maximum absolute atomic E-state index is 13.0. The third-order valence-corrected chi connectivity index (χ3v) is 6.68. The lowest BCUT2D eigenvalue weighted by atomic mass is 10.1. The van der Waals surface area contributed by atoms with Crippen LogP contribution in [0.25, 0.3) is 10.2 Å². The minimum absolute atomic E-state index is 0.0889. The molecule has 6 nitrogen and oxygen atoms in total. The Labute approximate surface area is 177 Å². The molecule has 0 bridgehead atoms. The van der Waals surface area contributed by atoms with Gasteiger partial charge < -0.3 is 9.47 Å². The van der Waals surface area contributed by atoms with Crippen molar-refractivity contribution in [3.63, 3.8) is 0 Å². The lowest BCUT2D eigenvalue weighted by molar-refractivity contribution is 0.102. The first-order valence-electron chi connectivity index (χ1n) is 8.90. The first-order chi connectivity index (χ1) is 13.9. The fourth-order valence-corrected chi connectivity index (χ4v) is 4.91. The second-order valence-electron chi connectivity index (χ2n) is 6.34. The van der Waals surface area contributed by atoms with Crippen molar-refractivity contribution in [3.8, 4) is 11.5 Å². The largest absolute Gasteiger partial charge is 0.493 e. The van der Waals surface area contributed by atoms with Crippen molar-refractivity contribution in [3.05, 3.63) is 57.2 Å². The van der Waals surface area contributed by atoms with Gasteiger partial charge in [-0.15, -0.1) is 17.9 Å². The number of thiophene rings is 1. The highest BCUT2D eigenvalue weighted by Crippen LogP contribution is 2.30. The summed E-state index contributed by atoms with van der Waals surface area (Å²) in [5, 5.41) is 1.15. The molecule has 0 aliphatic rings. The quantitative estimate of drug-likeness (QED) is 0.230. The zero-order valence-electron chi connectivity index (χ0n) is 16.8. The van der Waals surface area contributed by atoms with Gasteiger partial charge in [0, 0.05) is 17.0 Å². The summed E-state index contributed by atoms with van der Waals surface area (Å²) in [7, 11) is 3.07. The SMILES string of the molecule is C=CCn1c(SCC(=O)c2ccc(OC)c(OC)c2)nc2sc(C)c(C)c2c1=O. The normalized spacial score (nSPS) is 10.9. The molecule has 0 saturated carbocycles. The lowest BCUT2D eigenvalue weighted by Crippen LogP contribution is -2.23. The van der Waals surface area contributed by atoms with Gasteiger partial charge in [0.25, 0.3) is 5.56 Å². The van der Waals surface area contributed by atoms with Gasteiger partial charge in [0.15, 0.2) is 22.4 Å². The lowest BCUT2D eigenvalue weighted by Gasteiger charge is -2.11. The number of nitrogens with zero attached hydrogens (tertiary/aromatic N) is 2. The van der Waals surface area contributed by atoms with E-state index in [0.717, 1.165) is 10.4 Å². The summed E-state index contributed by atoms with van der Waals surface area (Å²) in [6.45, 7) is 7.99. The molecule has 0 aliphatic carbocycles. The average Bonchev–Trinajstić information content (AvgIpc) is 3.01. The number of methoxy groups -OCH3 is 2. The third kappa shape index (κ3) is 4.09. The molecule has 2 heterocycles. The number of hydrogen-bond acceptors (Lipinski definition) is 7. The molecule has 2 aromatic heterocycles. The Morgan fingerprint density at radius 1 is 1.28 bits per heavy atom. The third-order valence-electron chi connectivity index (χ3n) is 4.60. The molecule has 0 amide bonds. The summed E-state index contributed by atoms with van der Waals surface area (Å²) in [6.07, 6.45) is 1.66. The molecule has 0 unspecified atom stereocenters. The molecule has 1 aromatic carbocycles. The van der Waals surface area contributed by atoms with E-state index in [0.29, 0.717) is 39.0 Å². The van der Waals surface area contributed by atoms with Gasteiger partial charge in [-0.3, -0.25) is 14.2 Å². The highest BCUT2D eigenvalue weighted by atomic mass is 32.2. The molecule has 0 spiro atoms. The first-order valence-corrected chi connectivity index (χ1v) is 10.7. The van der Waals surface area contributed by atoms with E-state index in [4.69, 9.17) is 9.47 Å². The Kier molecular flexibility index (Phi) is 6.44. The van der Waals surface area contributed by atoms with E-state index >= 15 is 0 Å². The van der Waals surface area contributed by atoms with Crippen LogP contribution < -0.4 is 15.0 Å². The molecular formula is C21H22N2O4S2. The van der Waals surface area contributed by atoms with Gasteiger partial charge in [0.2, 0.25) is 0 Å². The fourth-order valence-electron chi connectivity index (χ4n) is 2.93. The number of hydrogen-bond donors (Lipinski definition) is 0. The van der Waals surface area contributed by atoms with Crippen LogP contribution in [-0.2, 0) is 6.54 Å². The number of ketones is 1. The van der Waals surface area contributed by atoms with Crippen LogP contribution in [-0.4, -0.2) is 35.3 Å². The van der Waals surface area contributed by atoms with E-state index in [-0.39, 0.29) is 17.1 Å². The first kappa shape index (κ1) is 21.1. The number of ether oxygens (including phenoxy) is 2. The number of carbonyl (C=O) groups is 1. The van der Waals surface area contributed by atoms with Gasteiger partial charge in [-0.25, -0.2) is 4.98 Å². The van der Waals surface area contributed by atoms with Crippen molar-refractivity contribution in [1.82, 2.24) is 9.55 Å². The van der Waals surface area contributed by atoms with Crippen LogP contribution in [0.4, 0.5) is 0 Å². The standard InChI is InChI=1S/C21H22N2O4S2/c1-6-9-23-20(25)18-12(2)13(3)29-19(18)22-21(23)28-11-15(24)14-7-8-16(26-4)17(10-14)27-5/h6-8,10H,1,9,11H2,2-5H3. The van der Waals surface area contributed by atoms with Crippen molar-refractivity contribution in [2.45, 2.75) is 25.5 Å². The van der Waals surface area contributed by atoms with E-state index < -0.39 is 0 Å². The van der Waals surface area contributed by atoms with Crippen LogP contribution in [0, 0.1) is 13.8 Å². The molecule has 0 atom stereocenters. The van der Waals surface area contributed by atoms with Gasteiger partial charge in [0.1, 0.15) is 4.83 Å². The molecule has 0 aliphatic heterocycles. The number of allylic oxidation sites excluding steroid dienone is 1. The smallest absolute Gasteiger partial charge is 0.263 e. The second kappa shape index (κ2) is 8.84. The minimum Gasteiger partial charge on any atom is -0.493 e. The van der Waals surface area contributed by atoms with Gasteiger partial charge in [-0.2, -0.15) is 0 Å². The molecule has 0 fully saturated rings. The summed E-state index contributed by atoms with van der Waals surface area (Å²) >= 11 is 2.74. The molecule has 0 saturated heterocycles. The van der Waals surface area contributed by atoms with Crippen LogP contribution >= 0.6 is 23.1 Å². The molecule has 3 aromatic rings. The van der Waals surface area contributed by atoms with Crippen LogP contribution in [0.15, 0.2) is 40.8 Å². The van der Waals surface area contributed by atoms with Crippen LogP contribution in [0.3, 0.4) is 0 Å². The van der Waals surface area contributed by atoms with Crippen molar-refractivity contribution < 1.29 is 14.3 Å². The number of benzene rings is 1. The topological polar surface area (TPSA) is 70.4 Å². The van der Waals surface area contributed by atoms with E-state index in [9.17, 15) is 9.59 Å². The highest BCUT2D eigenvalue weighted by molar-refractivity contribution is 7.99. The van der Waals surface area contributed by atoms with E-state index in [1.807, 2.05) is 13.8 Å². The summed E-state index contributed by atoms with van der Waals surface area (Å²) in [6, 6.07) is 5.05. The van der Waals surface area contributed by atoms with Gasteiger partial charge in [0.05, 0.1) is 25.4 Å². The average molecular weight is 431 g/mol. The van der Waals surface area contributed by atoms with Crippen molar-refractivity contribution in [1.29, 1.82) is 0 Å². The van der Waals surface area contributed by atoms with E-state index in [1.165, 1.54) is 30.2 Å². The summed E-state index contributed by atoms with van der Waals surface area (Å²) in [5.74, 6) is 1.12. The minimum atomic E-state index is -0.0992. The fraction of sp³-hybridized carbons (Fsp3) is 0.286. The second-order valence-corrected chi connectivity index (χ2v) is 8.49. The molecule has 3 rings (SSSR count). The van der Waals surface area contributed by atoms with Gasteiger partial charge in [-0.05, 0) is 37.6 Å². The van der Waals surface area contributed by atoms with Gasteiger partial charge in [-0.1, -0.05) is 17.8 Å². The van der Waals surface area contributed by atoms with Gasteiger partial charge >= 0.3 is 0 Å². The molecular weight excluding hydrogens is 408 g/mol. The zero-order valence-corrected chi connectivity index (χ0v) is 18.4. The number of aromatic nitrogens is 2. The molecule has 0 N–H and O–H groups in total. The Hall–Kier alpha value is -2.58. The number of Topliss-reactive ketones (excluding diaryl/α,β-unsaturated/α-hetero) is 1. The number of thioether (sulfide) groups is 1. The maximum atomic E-state index is 13.0. The monoisotopic (exact) mass is 430 g/mol. The molecule has 8 heteroatoms. The Bertz CT molecular complexity index is 1150. The zero-order chi connectivity index (χ0) is 21.1. The molecule has 152 valence electrons. The van der Waals surface area contributed by atoms with E-state index in [1.54, 1.807) is 36.0 Å². The summed E-state index contributed by atoms with van der Waals surface area (Å²) in [4.78, 5) is 32.1. The summed E-state index contributed by atoms with van der Waals surface area (Å²) < 4.78 is 12.0. The summed E-state index contributed by atoms with van der Waals surface area (Å²) in [5.41, 5.74) is 1.37. The van der Waals surface area contributed by atoms with Crippen molar-refractivity contribution in [2.24, 2.45) is 0 Å². The Morgan fingerprint density at radius 3 is 2.66 bits per heavy atom. The van der Waals surface area contributed by atoms with Crippen molar-refractivity contribution >= 4 is 39.1 Å². The molecule has 29 heavy (non-hydrogen) atoms. The number of carbonyl (C=O) groups excluding carboxylic acids is 1. The predicted molar refractivity (Wildman–Crippen MR) is 118 cm³/mol. The maximum Gasteiger partial charge on any atom is 0.263 e. The number of rotatable bonds is 8. The molecule has 0 radical (unpaired) electrons. The van der Waals surface area contributed by atoms with Crippen LogP contribution in [0.5, 0.6) is 11.5 Å². The van der Waals surface area contributed by atoms with Crippen molar-refractivity contribution in [2.75, 3.05) is 20.0 Å². The highest BCUT2D eigenvalue weighted by Gasteiger charge is 2.18. The number of aryl methyl sites for hydroxylation is 2. The Balaban J connectivity index is 1.92.